The van der Waals surface area contributed by atoms with E-state index in [1.165, 1.54) is 12.0 Å². The summed E-state index contributed by atoms with van der Waals surface area (Å²) in [6, 6.07) is 6.05. The molecule has 1 fully saturated rings. The van der Waals surface area contributed by atoms with Gasteiger partial charge in [-0.1, -0.05) is 26.0 Å². The zero-order chi connectivity index (χ0) is 14.5. The number of aryl methyl sites for hydroxylation is 1. The molecule has 0 spiro atoms. The van der Waals surface area contributed by atoms with E-state index >= 15 is 0 Å². The molecule has 1 aromatic rings. The van der Waals surface area contributed by atoms with Crippen molar-refractivity contribution in [3.05, 3.63) is 35.1 Å². The molecule has 1 heterocycles. The van der Waals surface area contributed by atoms with Crippen LogP contribution in [0.5, 0.6) is 0 Å². The van der Waals surface area contributed by atoms with Gasteiger partial charge in [0, 0.05) is 32.2 Å². The Balaban J connectivity index is 2.17. The van der Waals surface area contributed by atoms with E-state index in [0.29, 0.717) is 12.0 Å². The highest BCUT2D eigenvalue weighted by molar-refractivity contribution is 5.26. The second-order valence-corrected chi connectivity index (χ2v) is 6.28. The van der Waals surface area contributed by atoms with Gasteiger partial charge in [-0.3, -0.25) is 4.90 Å². The summed E-state index contributed by atoms with van der Waals surface area (Å²) >= 11 is 0. The number of halogens is 1. The van der Waals surface area contributed by atoms with Crippen LogP contribution in [-0.2, 0) is 0 Å². The largest absolute Gasteiger partial charge is 0.314 e. The minimum absolute atomic E-state index is 0.100. The zero-order valence-corrected chi connectivity index (χ0v) is 13.0. The number of hydrogen-bond donors (Lipinski definition) is 1. The van der Waals surface area contributed by atoms with Crippen LogP contribution in [0.4, 0.5) is 4.39 Å². The fourth-order valence-corrected chi connectivity index (χ4v) is 2.92. The van der Waals surface area contributed by atoms with Crippen molar-refractivity contribution in [2.24, 2.45) is 5.92 Å². The zero-order valence-electron chi connectivity index (χ0n) is 13.0. The van der Waals surface area contributed by atoms with Gasteiger partial charge in [-0.15, -0.1) is 0 Å². The molecular weight excluding hydrogens is 251 g/mol. The van der Waals surface area contributed by atoms with Gasteiger partial charge in [-0.2, -0.15) is 0 Å². The Labute approximate surface area is 122 Å². The highest BCUT2D eigenvalue weighted by Crippen LogP contribution is 2.28. The van der Waals surface area contributed by atoms with Gasteiger partial charge in [0.2, 0.25) is 0 Å². The van der Waals surface area contributed by atoms with Crippen molar-refractivity contribution in [3.63, 3.8) is 0 Å². The molecule has 1 atom stereocenters. The Kier molecular flexibility index (Phi) is 5.55. The van der Waals surface area contributed by atoms with Crippen LogP contribution in [0.3, 0.4) is 0 Å². The maximum atomic E-state index is 13.5. The van der Waals surface area contributed by atoms with Gasteiger partial charge in [0.15, 0.2) is 0 Å². The standard InChI is InChI=1S/C17H27FN2/c1-13(2)4-7-17(20-10-8-19-9-11-20)15-5-6-16(18)14(3)12-15/h5-6,12-13,17,19H,4,7-11H2,1-3H3/t17-/m1/s1. The average molecular weight is 278 g/mol. The van der Waals surface area contributed by atoms with E-state index < -0.39 is 0 Å². The molecule has 0 aromatic heterocycles. The third kappa shape index (κ3) is 4.03. The molecule has 3 heteroatoms. The van der Waals surface area contributed by atoms with Crippen LogP contribution in [0.1, 0.15) is 43.9 Å². The third-order valence-electron chi connectivity index (χ3n) is 4.18. The first kappa shape index (κ1) is 15.5. The summed E-state index contributed by atoms with van der Waals surface area (Å²) in [5.74, 6) is 0.610. The van der Waals surface area contributed by atoms with Crippen molar-refractivity contribution in [2.45, 2.75) is 39.7 Å². The molecule has 1 N–H and O–H groups in total. The fraction of sp³-hybridized carbons (Fsp3) is 0.647. The molecule has 2 nitrogen and oxygen atoms in total. The molecule has 0 bridgehead atoms. The Bertz CT molecular complexity index is 425. The van der Waals surface area contributed by atoms with Crippen molar-refractivity contribution < 1.29 is 4.39 Å². The Hall–Kier alpha value is -0.930. The first-order valence-electron chi connectivity index (χ1n) is 7.78. The van der Waals surface area contributed by atoms with Crippen LogP contribution in [0.2, 0.25) is 0 Å². The molecule has 1 saturated heterocycles. The average Bonchev–Trinajstić information content (AvgIpc) is 2.44. The van der Waals surface area contributed by atoms with E-state index in [1.54, 1.807) is 6.07 Å². The molecule has 1 aromatic carbocycles. The summed E-state index contributed by atoms with van der Waals surface area (Å²) < 4.78 is 13.5. The third-order valence-corrected chi connectivity index (χ3v) is 4.18. The number of piperazine rings is 1. The van der Waals surface area contributed by atoms with E-state index in [9.17, 15) is 4.39 Å². The van der Waals surface area contributed by atoms with E-state index in [-0.39, 0.29) is 5.82 Å². The molecule has 0 unspecified atom stereocenters. The highest BCUT2D eigenvalue weighted by Gasteiger charge is 2.22. The monoisotopic (exact) mass is 278 g/mol. The maximum Gasteiger partial charge on any atom is 0.126 e. The molecule has 0 aliphatic carbocycles. The molecule has 20 heavy (non-hydrogen) atoms. The molecule has 2 rings (SSSR count). The SMILES string of the molecule is Cc1cc([C@@H](CCC(C)C)N2CCNCC2)ccc1F. The topological polar surface area (TPSA) is 15.3 Å². The van der Waals surface area contributed by atoms with Crippen LogP contribution in [0.15, 0.2) is 18.2 Å². The lowest BCUT2D eigenvalue weighted by Crippen LogP contribution is -2.45. The van der Waals surface area contributed by atoms with Gasteiger partial charge in [-0.25, -0.2) is 4.39 Å². The van der Waals surface area contributed by atoms with Crippen LogP contribution in [0, 0.1) is 18.7 Å². The van der Waals surface area contributed by atoms with Crippen molar-refractivity contribution in [1.29, 1.82) is 0 Å². The summed E-state index contributed by atoms with van der Waals surface area (Å²) in [7, 11) is 0. The molecule has 0 amide bonds. The van der Waals surface area contributed by atoms with Crippen molar-refractivity contribution >= 4 is 0 Å². The first-order valence-corrected chi connectivity index (χ1v) is 7.78. The Morgan fingerprint density at radius 1 is 1.20 bits per heavy atom. The lowest BCUT2D eigenvalue weighted by atomic mass is 9.94. The minimum Gasteiger partial charge on any atom is -0.314 e. The minimum atomic E-state index is -0.100. The predicted octanol–water partition coefficient (Wildman–Crippen LogP) is 3.52. The summed E-state index contributed by atoms with van der Waals surface area (Å²) in [4.78, 5) is 2.55. The number of benzene rings is 1. The van der Waals surface area contributed by atoms with Crippen LogP contribution < -0.4 is 5.32 Å². The van der Waals surface area contributed by atoms with E-state index in [2.05, 4.69) is 24.1 Å². The van der Waals surface area contributed by atoms with Crippen LogP contribution >= 0.6 is 0 Å². The Morgan fingerprint density at radius 2 is 1.90 bits per heavy atom. The fourth-order valence-electron chi connectivity index (χ4n) is 2.92. The molecule has 1 aliphatic rings. The smallest absolute Gasteiger partial charge is 0.126 e. The van der Waals surface area contributed by atoms with Gasteiger partial charge in [-0.05, 0) is 42.9 Å². The number of nitrogens with one attached hydrogen (secondary N) is 1. The van der Waals surface area contributed by atoms with Crippen molar-refractivity contribution in [2.75, 3.05) is 26.2 Å². The van der Waals surface area contributed by atoms with Gasteiger partial charge >= 0.3 is 0 Å². The van der Waals surface area contributed by atoms with E-state index in [0.717, 1.165) is 38.2 Å². The highest BCUT2D eigenvalue weighted by atomic mass is 19.1. The summed E-state index contributed by atoms with van der Waals surface area (Å²) in [6.45, 7) is 10.7. The normalized spacial score (nSPS) is 18.4. The molecule has 112 valence electrons. The quantitative estimate of drug-likeness (QED) is 0.886. The van der Waals surface area contributed by atoms with E-state index in [1.807, 2.05) is 19.1 Å². The summed E-state index contributed by atoms with van der Waals surface area (Å²) in [6.07, 6.45) is 2.37. The molecule has 0 radical (unpaired) electrons. The van der Waals surface area contributed by atoms with Crippen LogP contribution in [-0.4, -0.2) is 31.1 Å². The van der Waals surface area contributed by atoms with Gasteiger partial charge in [0.1, 0.15) is 5.82 Å². The molecule has 0 saturated carbocycles. The number of nitrogens with zero attached hydrogens (tertiary/aromatic N) is 1. The molecule has 1 aliphatic heterocycles. The predicted molar refractivity (Wildman–Crippen MR) is 82.4 cm³/mol. The molecular formula is C17H27FN2. The van der Waals surface area contributed by atoms with Crippen molar-refractivity contribution in [3.8, 4) is 0 Å². The van der Waals surface area contributed by atoms with Gasteiger partial charge in [0.25, 0.3) is 0 Å². The van der Waals surface area contributed by atoms with Gasteiger partial charge in [0.05, 0.1) is 0 Å². The lowest BCUT2D eigenvalue weighted by molar-refractivity contribution is 0.159. The maximum absolute atomic E-state index is 13.5. The number of rotatable bonds is 5. The Morgan fingerprint density at radius 3 is 2.50 bits per heavy atom. The van der Waals surface area contributed by atoms with E-state index in [4.69, 9.17) is 0 Å². The van der Waals surface area contributed by atoms with Crippen molar-refractivity contribution in [1.82, 2.24) is 10.2 Å². The lowest BCUT2D eigenvalue weighted by Gasteiger charge is -2.36. The van der Waals surface area contributed by atoms with Crippen LogP contribution in [0.25, 0.3) is 0 Å². The van der Waals surface area contributed by atoms with Gasteiger partial charge < -0.3 is 5.32 Å². The summed E-state index contributed by atoms with van der Waals surface area (Å²) in [5, 5.41) is 3.40. The second kappa shape index (κ2) is 7.19. The summed E-state index contributed by atoms with van der Waals surface area (Å²) in [5.41, 5.74) is 2.03. The number of hydrogen-bond acceptors (Lipinski definition) is 2. The second-order valence-electron chi connectivity index (χ2n) is 6.28. The first-order chi connectivity index (χ1) is 9.58.